The topological polar surface area (TPSA) is 41.6 Å². The molecule has 4 fully saturated rings. The van der Waals surface area contributed by atoms with Gasteiger partial charge in [-0.05, 0) is 63.2 Å². The third-order valence-electron chi connectivity index (χ3n) is 5.57. The second kappa shape index (κ2) is 5.24. The molecule has 4 nitrogen and oxygen atoms in total. The minimum Gasteiger partial charge on any atom is -0.468 e. The van der Waals surface area contributed by atoms with Crippen LogP contribution in [-0.4, -0.2) is 48.7 Å². The molecule has 4 saturated carbocycles. The lowest BCUT2D eigenvalue weighted by Gasteiger charge is -2.38. The van der Waals surface area contributed by atoms with Gasteiger partial charge >= 0.3 is 5.97 Å². The molecule has 4 heteroatoms. The van der Waals surface area contributed by atoms with Crippen LogP contribution in [0.15, 0.2) is 0 Å². The molecular formula is C17H28N2O2. The average Bonchev–Trinajstić information content (AvgIpc) is 3.33. The number of carbonyl (C=O) groups is 1. The Morgan fingerprint density at radius 3 is 2.33 bits per heavy atom. The van der Waals surface area contributed by atoms with Gasteiger partial charge in [-0.2, -0.15) is 0 Å². The van der Waals surface area contributed by atoms with Gasteiger partial charge in [0.2, 0.25) is 0 Å². The van der Waals surface area contributed by atoms with E-state index in [-0.39, 0.29) is 5.97 Å². The van der Waals surface area contributed by atoms with Crippen molar-refractivity contribution in [2.75, 3.05) is 20.2 Å². The summed E-state index contributed by atoms with van der Waals surface area (Å²) in [5.41, 5.74) is -0.423. The second-order valence-corrected chi connectivity index (χ2v) is 7.76. The van der Waals surface area contributed by atoms with Crippen molar-refractivity contribution in [2.24, 2.45) is 11.8 Å². The molecule has 0 radical (unpaired) electrons. The molecule has 0 bridgehead atoms. The Morgan fingerprint density at radius 1 is 1.14 bits per heavy atom. The summed E-state index contributed by atoms with van der Waals surface area (Å²) in [5.74, 6) is 1.37. The predicted molar refractivity (Wildman–Crippen MR) is 80.9 cm³/mol. The lowest BCUT2D eigenvalue weighted by molar-refractivity contribution is -0.151. The summed E-state index contributed by atoms with van der Waals surface area (Å²) in [6.07, 6.45) is 10.2. The first-order valence-electron chi connectivity index (χ1n) is 8.81. The third kappa shape index (κ3) is 3.11. The number of methoxy groups -OCH3 is 1. The molecule has 4 aliphatic carbocycles. The van der Waals surface area contributed by atoms with E-state index >= 15 is 0 Å². The Labute approximate surface area is 127 Å². The summed E-state index contributed by atoms with van der Waals surface area (Å²) >= 11 is 0. The molecule has 0 amide bonds. The molecule has 1 atom stereocenters. The molecule has 4 rings (SSSR count). The molecule has 0 aromatic carbocycles. The normalized spacial score (nSPS) is 28.5. The fourth-order valence-corrected chi connectivity index (χ4v) is 3.67. The smallest absolute Gasteiger partial charge is 0.327 e. The number of nitrogens with one attached hydrogen (secondary N) is 1. The second-order valence-electron chi connectivity index (χ2n) is 7.76. The van der Waals surface area contributed by atoms with E-state index in [9.17, 15) is 4.79 Å². The van der Waals surface area contributed by atoms with Crippen molar-refractivity contribution in [1.29, 1.82) is 0 Å². The van der Waals surface area contributed by atoms with E-state index in [0.717, 1.165) is 18.5 Å². The molecule has 0 aromatic rings. The molecule has 1 unspecified atom stereocenters. The number of carbonyl (C=O) groups excluding carboxylic acids is 1. The summed E-state index contributed by atoms with van der Waals surface area (Å²) in [7, 11) is 1.55. The molecule has 0 saturated heterocycles. The van der Waals surface area contributed by atoms with Crippen LogP contribution < -0.4 is 5.32 Å². The van der Waals surface area contributed by atoms with Crippen LogP contribution in [0.1, 0.15) is 51.4 Å². The third-order valence-corrected chi connectivity index (χ3v) is 5.57. The van der Waals surface area contributed by atoms with E-state index in [1.54, 1.807) is 7.11 Å². The zero-order valence-corrected chi connectivity index (χ0v) is 13.1. The van der Waals surface area contributed by atoms with Crippen LogP contribution in [0.5, 0.6) is 0 Å². The summed E-state index contributed by atoms with van der Waals surface area (Å²) in [4.78, 5) is 15.3. The molecule has 0 aromatic heterocycles. The molecule has 4 aliphatic rings. The Hall–Kier alpha value is -0.610. The van der Waals surface area contributed by atoms with Gasteiger partial charge in [0, 0.05) is 25.2 Å². The Bertz CT molecular complexity index is 411. The van der Waals surface area contributed by atoms with Crippen LogP contribution in [0, 0.1) is 11.8 Å². The van der Waals surface area contributed by atoms with Gasteiger partial charge in [0.25, 0.3) is 0 Å². The van der Waals surface area contributed by atoms with Gasteiger partial charge in [0.05, 0.1) is 7.11 Å². The fourth-order valence-electron chi connectivity index (χ4n) is 3.67. The molecule has 21 heavy (non-hydrogen) atoms. The lowest BCUT2D eigenvalue weighted by Crippen LogP contribution is -2.62. The van der Waals surface area contributed by atoms with Gasteiger partial charge in [-0.3, -0.25) is 10.2 Å². The summed E-state index contributed by atoms with van der Waals surface area (Å²) in [6, 6.07) is 1.28. The van der Waals surface area contributed by atoms with Crippen molar-refractivity contribution in [1.82, 2.24) is 10.2 Å². The van der Waals surface area contributed by atoms with Crippen molar-refractivity contribution >= 4 is 5.97 Å². The van der Waals surface area contributed by atoms with Crippen molar-refractivity contribution in [3.05, 3.63) is 0 Å². The maximum absolute atomic E-state index is 12.6. The van der Waals surface area contributed by atoms with E-state index in [2.05, 4.69) is 10.2 Å². The Morgan fingerprint density at radius 2 is 1.86 bits per heavy atom. The number of hydrogen-bond donors (Lipinski definition) is 1. The highest BCUT2D eigenvalue weighted by Gasteiger charge is 2.55. The Balaban J connectivity index is 1.52. The molecule has 0 heterocycles. The largest absolute Gasteiger partial charge is 0.468 e. The minimum atomic E-state index is -0.423. The van der Waals surface area contributed by atoms with E-state index < -0.39 is 5.54 Å². The van der Waals surface area contributed by atoms with E-state index in [1.165, 1.54) is 57.9 Å². The first kappa shape index (κ1) is 14.0. The van der Waals surface area contributed by atoms with E-state index in [1.807, 2.05) is 0 Å². The SMILES string of the molecule is COC(=O)C(CN(CC1CC1)C1CC1)(NC1CC1)C1CC1. The number of hydrogen-bond acceptors (Lipinski definition) is 4. The van der Waals surface area contributed by atoms with Crippen LogP contribution in [0.25, 0.3) is 0 Å². The Kier molecular flexibility index (Phi) is 3.49. The first-order valence-corrected chi connectivity index (χ1v) is 8.81. The van der Waals surface area contributed by atoms with Crippen molar-refractivity contribution in [3.63, 3.8) is 0 Å². The van der Waals surface area contributed by atoms with Crippen LogP contribution in [0.3, 0.4) is 0 Å². The zero-order valence-electron chi connectivity index (χ0n) is 13.1. The number of esters is 1. The highest BCUT2D eigenvalue weighted by Crippen LogP contribution is 2.45. The van der Waals surface area contributed by atoms with Crippen LogP contribution in [0.2, 0.25) is 0 Å². The van der Waals surface area contributed by atoms with Gasteiger partial charge in [-0.15, -0.1) is 0 Å². The first-order chi connectivity index (χ1) is 10.2. The monoisotopic (exact) mass is 292 g/mol. The van der Waals surface area contributed by atoms with Gasteiger partial charge in [0.1, 0.15) is 5.54 Å². The van der Waals surface area contributed by atoms with Crippen LogP contribution in [0.4, 0.5) is 0 Å². The molecule has 0 aliphatic heterocycles. The molecule has 118 valence electrons. The lowest BCUT2D eigenvalue weighted by atomic mass is 9.91. The van der Waals surface area contributed by atoms with Crippen molar-refractivity contribution in [3.8, 4) is 0 Å². The highest BCUT2D eigenvalue weighted by atomic mass is 16.5. The van der Waals surface area contributed by atoms with Crippen molar-refractivity contribution in [2.45, 2.75) is 69.0 Å². The quantitative estimate of drug-likeness (QED) is 0.659. The van der Waals surface area contributed by atoms with Gasteiger partial charge in [-0.1, -0.05) is 0 Å². The maximum atomic E-state index is 12.6. The summed E-state index contributed by atoms with van der Waals surface area (Å²) in [5, 5.41) is 3.71. The molecular weight excluding hydrogens is 264 g/mol. The molecule has 0 spiro atoms. The number of ether oxygens (including phenoxy) is 1. The van der Waals surface area contributed by atoms with Gasteiger partial charge in [-0.25, -0.2) is 4.79 Å². The fraction of sp³-hybridized carbons (Fsp3) is 0.941. The number of nitrogens with zero attached hydrogens (tertiary/aromatic N) is 1. The van der Waals surface area contributed by atoms with Crippen molar-refractivity contribution < 1.29 is 9.53 Å². The van der Waals surface area contributed by atoms with E-state index in [0.29, 0.717) is 12.0 Å². The summed E-state index contributed by atoms with van der Waals surface area (Å²) in [6.45, 7) is 2.07. The van der Waals surface area contributed by atoms with Crippen LogP contribution in [-0.2, 0) is 9.53 Å². The predicted octanol–water partition coefficient (Wildman–Crippen LogP) is 1.93. The highest BCUT2D eigenvalue weighted by molar-refractivity contribution is 5.82. The standard InChI is InChI=1S/C17H28N2O2/c1-21-16(20)17(13-4-5-13,18-14-6-7-14)11-19(15-8-9-15)10-12-2-3-12/h12-15,18H,2-11H2,1H3. The maximum Gasteiger partial charge on any atom is 0.327 e. The zero-order chi connectivity index (χ0) is 14.4. The molecule has 1 N–H and O–H groups in total. The average molecular weight is 292 g/mol. The summed E-state index contributed by atoms with van der Waals surface area (Å²) < 4.78 is 5.24. The van der Waals surface area contributed by atoms with Gasteiger partial charge < -0.3 is 4.74 Å². The minimum absolute atomic E-state index is 0.0154. The number of rotatable bonds is 9. The van der Waals surface area contributed by atoms with E-state index in [4.69, 9.17) is 4.74 Å². The van der Waals surface area contributed by atoms with Crippen LogP contribution >= 0.6 is 0 Å². The van der Waals surface area contributed by atoms with Gasteiger partial charge in [0.15, 0.2) is 0 Å².